The molecule has 0 aliphatic rings. The van der Waals surface area contributed by atoms with Crippen molar-refractivity contribution in [1.82, 2.24) is 10.0 Å². The third kappa shape index (κ3) is 5.76. The van der Waals surface area contributed by atoms with Crippen molar-refractivity contribution in [2.75, 3.05) is 26.5 Å². The monoisotopic (exact) mass is 362 g/mol. The van der Waals surface area contributed by atoms with Crippen LogP contribution in [0, 0.1) is 0 Å². The van der Waals surface area contributed by atoms with Crippen LogP contribution < -0.4 is 10.0 Å². The molecular weight excluding hydrogens is 340 g/mol. The van der Waals surface area contributed by atoms with Gasteiger partial charge in [0, 0.05) is 5.02 Å². The van der Waals surface area contributed by atoms with E-state index in [0.717, 1.165) is 13.0 Å². The Morgan fingerprint density at radius 1 is 1.26 bits per heavy atom. The fourth-order valence-electron chi connectivity index (χ4n) is 2.16. The number of unbranched alkanes of at least 4 members (excludes halogenated alkanes) is 1. The van der Waals surface area contributed by atoms with Gasteiger partial charge in [0.1, 0.15) is 0 Å². The third-order valence-corrected chi connectivity index (χ3v) is 5.26. The first-order chi connectivity index (χ1) is 10.7. The summed E-state index contributed by atoms with van der Waals surface area (Å²) in [5.41, 5.74) is -1.03. The highest BCUT2D eigenvalue weighted by Gasteiger charge is 2.40. The van der Waals surface area contributed by atoms with E-state index < -0.39 is 21.5 Å². The van der Waals surface area contributed by atoms with Gasteiger partial charge >= 0.3 is 5.97 Å². The molecule has 2 N–H and O–H groups in total. The van der Waals surface area contributed by atoms with Gasteiger partial charge in [-0.05, 0) is 51.1 Å². The zero-order chi connectivity index (χ0) is 17.5. The molecule has 0 aliphatic heterocycles. The summed E-state index contributed by atoms with van der Waals surface area (Å²) in [7, 11) is -0.618. The summed E-state index contributed by atoms with van der Waals surface area (Å²) in [5, 5.41) is 3.46. The second-order valence-corrected chi connectivity index (χ2v) is 7.63. The van der Waals surface area contributed by atoms with Crippen LogP contribution in [0.3, 0.4) is 0 Å². The summed E-state index contributed by atoms with van der Waals surface area (Å²) in [4.78, 5) is 12.2. The molecule has 0 spiro atoms. The van der Waals surface area contributed by atoms with Gasteiger partial charge < -0.3 is 10.1 Å². The largest absolute Gasteiger partial charge is 0.467 e. The molecule has 1 unspecified atom stereocenters. The van der Waals surface area contributed by atoms with Crippen LogP contribution in [-0.4, -0.2) is 40.8 Å². The number of methoxy groups -OCH3 is 1. The number of ether oxygens (including phenoxy) is 1. The van der Waals surface area contributed by atoms with E-state index in [1.165, 1.54) is 14.0 Å². The molecule has 0 fully saturated rings. The molecule has 0 aliphatic carbocycles. The average molecular weight is 363 g/mol. The number of hydrogen-bond donors (Lipinski definition) is 2. The van der Waals surface area contributed by atoms with Crippen LogP contribution in [0.25, 0.3) is 0 Å². The van der Waals surface area contributed by atoms with E-state index in [-0.39, 0.29) is 5.75 Å². The minimum absolute atomic E-state index is 0.0607. The number of carbonyl (C=O) groups is 1. The molecular formula is C15H23ClN2O4S. The molecule has 0 saturated heterocycles. The molecule has 1 rings (SSSR count). The van der Waals surface area contributed by atoms with Gasteiger partial charge in [-0.1, -0.05) is 23.7 Å². The molecule has 1 atom stereocenters. The standard InChI is InChI=1S/C15H23ClN2O4S/c1-15(14(19)22-3,12-6-8-13(16)9-7-12)18-23(20,21)11-5-4-10-17-2/h6-9,17-18H,4-5,10-11H2,1-3H3. The Morgan fingerprint density at radius 2 is 1.87 bits per heavy atom. The van der Waals surface area contributed by atoms with E-state index >= 15 is 0 Å². The highest BCUT2D eigenvalue weighted by molar-refractivity contribution is 7.89. The number of halogens is 1. The molecule has 0 bridgehead atoms. The Kier molecular flexibility index (Phi) is 7.47. The number of carbonyl (C=O) groups excluding carboxylic acids is 1. The Balaban J connectivity index is 2.98. The Bertz CT molecular complexity index is 619. The Hall–Kier alpha value is -1.15. The second kappa shape index (κ2) is 8.63. The number of nitrogens with one attached hydrogen (secondary N) is 2. The topological polar surface area (TPSA) is 84.5 Å². The highest BCUT2D eigenvalue weighted by Crippen LogP contribution is 2.25. The van der Waals surface area contributed by atoms with E-state index in [9.17, 15) is 13.2 Å². The average Bonchev–Trinajstić information content (AvgIpc) is 2.50. The predicted molar refractivity (Wildman–Crippen MR) is 90.9 cm³/mol. The lowest BCUT2D eigenvalue weighted by Crippen LogP contribution is -2.50. The number of sulfonamides is 1. The predicted octanol–water partition coefficient (Wildman–Crippen LogP) is 1.65. The minimum Gasteiger partial charge on any atom is -0.467 e. The van der Waals surface area contributed by atoms with Gasteiger partial charge in [-0.2, -0.15) is 4.72 Å². The van der Waals surface area contributed by atoms with Crippen LogP contribution in [0.5, 0.6) is 0 Å². The Labute approximate surface area is 142 Å². The van der Waals surface area contributed by atoms with Crippen molar-refractivity contribution in [2.24, 2.45) is 0 Å². The van der Waals surface area contributed by atoms with Crippen LogP contribution in [0.1, 0.15) is 25.3 Å². The van der Waals surface area contributed by atoms with Crippen molar-refractivity contribution < 1.29 is 17.9 Å². The highest BCUT2D eigenvalue weighted by atomic mass is 35.5. The number of hydrogen-bond acceptors (Lipinski definition) is 5. The maximum absolute atomic E-state index is 12.3. The van der Waals surface area contributed by atoms with Gasteiger partial charge in [-0.15, -0.1) is 0 Å². The van der Waals surface area contributed by atoms with Crippen LogP contribution in [0.4, 0.5) is 0 Å². The smallest absolute Gasteiger partial charge is 0.331 e. The fraction of sp³-hybridized carbons (Fsp3) is 0.533. The molecule has 0 amide bonds. The van der Waals surface area contributed by atoms with Crippen molar-refractivity contribution in [3.63, 3.8) is 0 Å². The van der Waals surface area contributed by atoms with Gasteiger partial charge in [0.2, 0.25) is 10.0 Å². The summed E-state index contributed by atoms with van der Waals surface area (Å²) in [6.45, 7) is 2.22. The summed E-state index contributed by atoms with van der Waals surface area (Å²) in [6.07, 6.45) is 1.22. The summed E-state index contributed by atoms with van der Waals surface area (Å²) in [6, 6.07) is 6.39. The lowest BCUT2D eigenvalue weighted by molar-refractivity contribution is -0.147. The fourth-order valence-corrected chi connectivity index (χ4v) is 3.80. The summed E-state index contributed by atoms with van der Waals surface area (Å²) < 4.78 is 31.9. The van der Waals surface area contributed by atoms with Crippen molar-refractivity contribution in [2.45, 2.75) is 25.3 Å². The van der Waals surface area contributed by atoms with Gasteiger partial charge in [0.05, 0.1) is 12.9 Å². The van der Waals surface area contributed by atoms with Crippen LogP contribution in [0.15, 0.2) is 24.3 Å². The first-order valence-electron chi connectivity index (χ1n) is 7.26. The number of benzene rings is 1. The lowest BCUT2D eigenvalue weighted by atomic mass is 9.93. The van der Waals surface area contributed by atoms with Crippen LogP contribution in [0.2, 0.25) is 5.02 Å². The molecule has 23 heavy (non-hydrogen) atoms. The molecule has 1 aromatic rings. The summed E-state index contributed by atoms with van der Waals surface area (Å²) >= 11 is 5.85. The lowest BCUT2D eigenvalue weighted by Gasteiger charge is -2.28. The van der Waals surface area contributed by atoms with Crippen molar-refractivity contribution in [1.29, 1.82) is 0 Å². The third-order valence-electron chi connectivity index (χ3n) is 3.46. The van der Waals surface area contributed by atoms with E-state index in [0.29, 0.717) is 17.0 Å². The molecule has 8 heteroatoms. The zero-order valence-electron chi connectivity index (χ0n) is 13.6. The van der Waals surface area contributed by atoms with E-state index in [1.54, 1.807) is 24.3 Å². The Morgan fingerprint density at radius 3 is 2.39 bits per heavy atom. The van der Waals surface area contributed by atoms with Gasteiger partial charge in [0.25, 0.3) is 0 Å². The minimum atomic E-state index is -3.64. The van der Waals surface area contributed by atoms with Crippen molar-refractivity contribution >= 4 is 27.6 Å². The molecule has 1 aromatic carbocycles. The molecule has 0 saturated carbocycles. The molecule has 130 valence electrons. The molecule has 0 heterocycles. The first kappa shape index (κ1) is 19.9. The molecule has 6 nitrogen and oxygen atoms in total. The zero-order valence-corrected chi connectivity index (χ0v) is 15.1. The van der Waals surface area contributed by atoms with E-state index in [2.05, 4.69) is 10.0 Å². The second-order valence-electron chi connectivity index (χ2n) is 5.36. The SMILES string of the molecule is CNCCCCS(=O)(=O)NC(C)(C(=O)OC)c1ccc(Cl)cc1. The van der Waals surface area contributed by atoms with E-state index in [1.807, 2.05) is 7.05 Å². The normalized spacial score (nSPS) is 14.3. The number of esters is 1. The van der Waals surface area contributed by atoms with Crippen LogP contribution >= 0.6 is 11.6 Å². The van der Waals surface area contributed by atoms with E-state index in [4.69, 9.17) is 16.3 Å². The quantitative estimate of drug-likeness (QED) is 0.515. The first-order valence-corrected chi connectivity index (χ1v) is 9.29. The summed E-state index contributed by atoms with van der Waals surface area (Å²) in [5.74, 6) is -0.742. The molecule has 0 aromatic heterocycles. The van der Waals surface area contributed by atoms with Gasteiger partial charge in [-0.3, -0.25) is 0 Å². The molecule has 0 radical (unpaired) electrons. The van der Waals surface area contributed by atoms with Gasteiger partial charge in [0.15, 0.2) is 5.54 Å². The van der Waals surface area contributed by atoms with Gasteiger partial charge in [-0.25, -0.2) is 13.2 Å². The van der Waals surface area contributed by atoms with Crippen molar-refractivity contribution in [3.05, 3.63) is 34.9 Å². The van der Waals surface area contributed by atoms with Crippen molar-refractivity contribution in [3.8, 4) is 0 Å². The maximum Gasteiger partial charge on any atom is 0.331 e. The maximum atomic E-state index is 12.3. The number of rotatable bonds is 9. The van der Waals surface area contributed by atoms with Crippen LogP contribution in [-0.2, 0) is 25.1 Å².